The minimum atomic E-state index is -0.513. The van der Waals surface area contributed by atoms with Crippen molar-refractivity contribution in [3.8, 4) is 0 Å². The van der Waals surface area contributed by atoms with E-state index in [2.05, 4.69) is 10.6 Å². The number of amides is 2. The number of nitrogens with zero attached hydrogens (tertiary/aromatic N) is 2. The van der Waals surface area contributed by atoms with E-state index < -0.39 is 12.1 Å². The van der Waals surface area contributed by atoms with Crippen molar-refractivity contribution < 1.29 is 14.4 Å². The fourth-order valence-corrected chi connectivity index (χ4v) is 4.53. The summed E-state index contributed by atoms with van der Waals surface area (Å²) in [6.45, 7) is 1.29. The van der Waals surface area contributed by atoms with Gasteiger partial charge in [0.25, 0.3) is 0 Å². The molecule has 0 unspecified atom stereocenters. The highest BCUT2D eigenvalue weighted by Gasteiger charge is 2.40. The van der Waals surface area contributed by atoms with Gasteiger partial charge in [-0.3, -0.25) is 15.0 Å². The molecule has 30 heavy (non-hydrogen) atoms. The Morgan fingerprint density at radius 3 is 2.53 bits per heavy atom. The molecule has 0 aromatic heterocycles. The van der Waals surface area contributed by atoms with Crippen LogP contribution in [0, 0.1) is 5.41 Å². The van der Waals surface area contributed by atoms with Crippen molar-refractivity contribution in [1.82, 2.24) is 20.4 Å². The number of rotatable bonds is 10. The van der Waals surface area contributed by atoms with E-state index in [1.54, 1.807) is 16.8 Å². The van der Waals surface area contributed by atoms with Crippen LogP contribution in [0.4, 0.5) is 0 Å². The number of hydrogen-bond acceptors (Lipinski definition) is 5. The van der Waals surface area contributed by atoms with Crippen LogP contribution in [-0.2, 0) is 14.4 Å². The molecular weight excluding hydrogens is 408 g/mol. The van der Waals surface area contributed by atoms with Crippen molar-refractivity contribution in [2.75, 3.05) is 26.7 Å². The molecule has 1 aliphatic heterocycles. The first kappa shape index (κ1) is 26.2. The first-order valence-electron chi connectivity index (χ1n) is 10.8. The van der Waals surface area contributed by atoms with Crippen molar-refractivity contribution in [3.05, 3.63) is 0 Å². The van der Waals surface area contributed by atoms with Crippen molar-refractivity contribution in [3.63, 3.8) is 0 Å². The summed E-state index contributed by atoms with van der Waals surface area (Å²) in [5.74, 6) is -0.256. The summed E-state index contributed by atoms with van der Waals surface area (Å²) in [5, 5.41) is 12.9. The number of likely N-dealkylation sites (N-methyl/N-ethyl adjacent to an activating group) is 1. The molecule has 1 heterocycles. The Balaban J connectivity index is 0.00000450. The van der Waals surface area contributed by atoms with Gasteiger partial charge in [-0.1, -0.05) is 19.3 Å². The Bertz CT molecular complexity index is 585. The number of nitrogens with two attached hydrogens (primary N) is 1. The number of likely N-dealkylation sites (tertiary alicyclic amines) is 1. The predicted octanol–water partition coefficient (Wildman–Crippen LogP) is 0.611. The number of hydrogen-bond donors (Lipinski definition) is 4. The Morgan fingerprint density at radius 2 is 1.93 bits per heavy atom. The summed E-state index contributed by atoms with van der Waals surface area (Å²) in [6, 6.07) is -0.939. The van der Waals surface area contributed by atoms with Crippen LogP contribution in [-0.4, -0.2) is 78.7 Å². The zero-order valence-electron chi connectivity index (χ0n) is 17.9. The second kappa shape index (κ2) is 13.4. The van der Waals surface area contributed by atoms with Crippen LogP contribution >= 0.6 is 12.4 Å². The second-order valence-electron chi connectivity index (χ2n) is 8.00. The van der Waals surface area contributed by atoms with Crippen LogP contribution in [0.1, 0.15) is 57.8 Å². The number of carbonyl (C=O) groups excluding carboxylic acids is 3. The smallest absolute Gasteiger partial charge is 0.246 e. The van der Waals surface area contributed by atoms with Gasteiger partial charge < -0.3 is 31.0 Å². The van der Waals surface area contributed by atoms with E-state index in [-0.39, 0.29) is 42.8 Å². The molecule has 0 spiro atoms. The fourth-order valence-electron chi connectivity index (χ4n) is 4.53. The fraction of sp³-hybridized carbons (Fsp3) is 0.800. The summed E-state index contributed by atoms with van der Waals surface area (Å²) in [7, 11) is 1.72. The lowest BCUT2D eigenvalue weighted by Crippen LogP contribution is -2.56. The molecule has 2 aliphatic rings. The van der Waals surface area contributed by atoms with Gasteiger partial charge in [0.2, 0.25) is 11.8 Å². The minimum Gasteiger partial charge on any atom is -0.370 e. The average molecular weight is 445 g/mol. The van der Waals surface area contributed by atoms with Crippen LogP contribution in [0.5, 0.6) is 0 Å². The van der Waals surface area contributed by atoms with Gasteiger partial charge in [0.15, 0.2) is 5.96 Å². The lowest BCUT2D eigenvalue weighted by Gasteiger charge is -2.40. The Labute approximate surface area is 185 Å². The van der Waals surface area contributed by atoms with Crippen molar-refractivity contribution in [1.29, 1.82) is 5.41 Å². The molecule has 0 aromatic carbocycles. The van der Waals surface area contributed by atoms with E-state index >= 15 is 0 Å². The largest absolute Gasteiger partial charge is 0.370 e. The first-order valence-corrected chi connectivity index (χ1v) is 10.8. The van der Waals surface area contributed by atoms with Crippen LogP contribution in [0.25, 0.3) is 0 Å². The molecule has 10 heteroatoms. The molecule has 2 rings (SSSR count). The molecule has 1 saturated carbocycles. The van der Waals surface area contributed by atoms with E-state index in [4.69, 9.17) is 11.1 Å². The summed E-state index contributed by atoms with van der Waals surface area (Å²) < 4.78 is 0. The molecule has 2 fully saturated rings. The van der Waals surface area contributed by atoms with Crippen LogP contribution in [0.3, 0.4) is 0 Å². The molecule has 5 N–H and O–H groups in total. The summed E-state index contributed by atoms with van der Waals surface area (Å²) in [4.78, 5) is 41.5. The first-order chi connectivity index (χ1) is 14.0. The maximum atomic E-state index is 13.6. The van der Waals surface area contributed by atoms with Crippen LogP contribution in [0.2, 0.25) is 0 Å². The molecule has 0 aromatic rings. The highest BCUT2D eigenvalue weighted by atomic mass is 35.5. The zero-order chi connectivity index (χ0) is 21.2. The highest BCUT2D eigenvalue weighted by molar-refractivity contribution is 5.90. The van der Waals surface area contributed by atoms with Gasteiger partial charge in [-0.25, -0.2) is 0 Å². The summed E-state index contributed by atoms with van der Waals surface area (Å²) in [5.41, 5.74) is 5.31. The van der Waals surface area contributed by atoms with Crippen LogP contribution in [0.15, 0.2) is 0 Å². The zero-order valence-corrected chi connectivity index (χ0v) is 18.7. The molecular formula is C20H37ClN6O3. The number of carbonyl (C=O) groups is 3. The van der Waals surface area contributed by atoms with Gasteiger partial charge in [0, 0.05) is 19.1 Å². The number of guanidine groups is 1. The van der Waals surface area contributed by atoms with Gasteiger partial charge in [-0.15, -0.1) is 12.4 Å². The molecule has 0 bridgehead atoms. The third kappa shape index (κ3) is 7.12. The van der Waals surface area contributed by atoms with E-state index in [0.717, 1.165) is 44.8 Å². The van der Waals surface area contributed by atoms with Crippen molar-refractivity contribution >= 4 is 36.5 Å². The van der Waals surface area contributed by atoms with Gasteiger partial charge in [0.1, 0.15) is 12.3 Å². The topological polar surface area (TPSA) is 132 Å². The molecule has 9 nitrogen and oxygen atoms in total. The monoisotopic (exact) mass is 444 g/mol. The Kier molecular flexibility index (Phi) is 11.7. The summed E-state index contributed by atoms with van der Waals surface area (Å²) in [6.07, 6.45) is 8.54. The van der Waals surface area contributed by atoms with E-state index in [1.807, 2.05) is 0 Å². The SMILES string of the molecule is CNCC(=O)N1CCC[C@H]1C(=O)N(C1CCCCC1)[C@H](C=O)CCCNC(=N)N.Cl. The van der Waals surface area contributed by atoms with Crippen molar-refractivity contribution in [2.24, 2.45) is 5.73 Å². The van der Waals surface area contributed by atoms with Gasteiger partial charge in [0.05, 0.1) is 12.6 Å². The predicted molar refractivity (Wildman–Crippen MR) is 119 cm³/mol. The standard InChI is InChI=1S/C20H36N6O3.ClH/c1-23-13-18(28)25-12-6-10-17(25)19(29)26(15-7-3-2-4-8-15)16(14-27)9-5-11-24-20(21)22;/h14-17,23H,2-13H2,1H3,(H4,21,22,24);1H/t16-,17-;/m0./s1. The van der Waals surface area contributed by atoms with Gasteiger partial charge in [-0.05, 0) is 45.6 Å². The molecule has 2 atom stereocenters. The Hall–Kier alpha value is -1.87. The minimum absolute atomic E-state index is 0. The van der Waals surface area contributed by atoms with E-state index in [1.165, 1.54) is 0 Å². The quantitative estimate of drug-likeness (QED) is 0.169. The summed E-state index contributed by atoms with van der Waals surface area (Å²) >= 11 is 0. The number of halogens is 1. The third-order valence-electron chi connectivity index (χ3n) is 5.92. The van der Waals surface area contributed by atoms with Crippen molar-refractivity contribution in [2.45, 2.75) is 75.9 Å². The third-order valence-corrected chi connectivity index (χ3v) is 5.92. The molecule has 172 valence electrons. The van der Waals surface area contributed by atoms with Gasteiger partial charge in [-0.2, -0.15) is 0 Å². The van der Waals surface area contributed by atoms with E-state index in [9.17, 15) is 14.4 Å². The van der Waals surface area contributed by atoms with E-state index in [0.29, 0.717) is 32.4 Å². The van der Waals surface area contributed by atoms with Crippen LogP contribution < -0.4 is 16.4 Å². The molecule has 1 aliphatic carbocycles. The second-order valence-corrected chi connectivity index (χ2v) is 8.00. The lowest BCUT2D eigenvalue weighted by molar-refractivity contribution is -0.149. The maximum Gasteiger partial charge on any atom is 0.246 e. The molecule has 2 amide bonds. The number of nitrogens with one attached hydrogen (secondary N) is 3. The number of aldehydes is 1. The Morgan fingerprint density at radius 1 is 1.23 bits per heavy atom. The lowest BCUT2D eigenvalue weighted by atomic mass is 9.91. The molecule has 0 radical (unpaired) electrons. The average Bonchev–Trinajstić information content (AvgIpc) is 3.20. The normalized spacial score (nSPS) is 20.2. The highest BCUT2D eigenvalue weighted by Crippen LogP contribution is 2.29. The van der Waals surface area contributed by atoms with Gasteiger partial charge >= 0.3 is 0 Å². The maximum absolute atomic E-state index is 13.6. The molecule has 1 saturated heterocycles.